The largest absolute Gasteiger partial charge is 0.343 e. The topological polar surface area (TPSA) is 67.2 Å². The van der Waals surface area contributed by atoms with Gasteiger partial charge in [0.2, 0.25) is 11.8 Å². The number of nitrogens with one attached hydrogen (secondary N) is 1. The van der Waals surface area contributed by atoms with Crippen LogP contribution in [0.25, 0.3) is 0 Å². The van der Waals surface area contributed by atoms with Crippen LogP contribution in [0.2, 0.25) is 0 Å². The van der Waals surface area contributed by atoms with Gasteiger partial charge in [0.15, 0.2) is 0 Å². The van der Waals surface area contributed by atoms with Crippen LogP contribution in [-0.4, -0.2) is 45.1 Å². The second kappa shape index (κ2) is 6.74. The van der Waals surface area contributed by atoms with Crippen molar-refractivity contribution >= 4 is 11.8 Å². The minimum Gasteiger partial charge on any atom is -0.343 e. The lowest BCUT2D eigenvalue weighted by atomic mass is 10.0. The van der Waals surface area contributed by atoms with E-state index in [1.165, 1.54) is 0 Å². The normalized spacial score (nSPS) is 22.5. The molecule has 6 nitrogen and oxygen atoms in total. The Kier molecular flexibility index (Phi) is 4.98. The van der Waals surface area contributed by atoms with Crippen LogP contribution in [-0.2, 0) is 23.1 Å². The van der Waals surface area contributed by atoms with Gasteiger partial charge in [-0.15, -0.1) is 0 Å². The lowest BCUT2D eigenvalue weighted by molar-refractivity contribution is -0.149. The molecule has 1 fully saturated rings. The molecular weight excluding hydrogens is 268 g/mol. The van der Waals surface area contributed by atoms with E-state index < -0.39 is 0 Å². The summed E-state index contributed by atoms with van der Waals surface area (Å²) in [5.41, 5.74) is 1.08. The standard InChI is InChI=1S/C15H24N4O2/c1-4-6-13-14(20)17-12(5-2)15(21)19(13)8-7-11-9-16-18(3)10-11/h9-10,12-13H,4-8H2,1-3H3,(H,17,20). The SMILES string of the molecule is CCCC1C(=O)NC(CC)C(=O)N1CCc1cnn(C)c1. The van der Waals surface area contributed by atoms with Crippen molar-refractivity contribution in [1.29, 1.82) is 0 Å². The van der Waals surface area contributed by atoms with Crippen molar-refractivity contribution in [3.05, 3.63) is 18.0 Å². The summed E-state index contributed by atoms with van der Waals surface area (Å²) < 4.78 is 1.75. The summed E-state index contributed by atoms with van der Waals surface area (Å²) in [7, 11) is 1.87. The van der Waals surface area contributed by atoms with Gasteiger partial charge in [-0.2, -0.15) is 5.10 Å². The molecule has 2 atom stereocenters. The van der Waals surface area contributed by atoms with Crippen molar-refractivity contribution in [2.24, 2.45) is 7.05 Å². The third kappa shape index (κ3) is 3.43. The summed E-state index contributed by atoms with van der Waals surface area (Å²) in [6.45, 7) is 4.52. The summed E-state index contributed by atoms with van der Waals surface area (Å²) in [5.74, 6) is 0.0222. The van der Waals surface area contributed by atoms with E-state index in [0.29, 0.717) is 19.4 Å². The first-order valence-electron chi connectivity index (χ1n) is 7.65. The first-order valence-corrected chi connectivity index (χ1v) is 7.65. The number of carbonyl (C=O) groups excluding carboxylic acids is 2. The van der Waals surface area contributed by atoms with E-state index >= 15 is 0 Å². The Labute approximate surface area is 125 Å². The third-order valence-corrected chi connectivity index (χ3v) is 3.95. The summed E-state index contributed by atoms with van der Waals surface area (Å²) >= 11 is 0. The van der Waals surface area contributed by atoms with Gasteiger partial charge in [-0.1, -0.05) is 20.3 Å². The van der Waals surface area contributed by atoms with Crippen LogP contribution in [0, 0.1) is 0 Å². The van der Waals surface area contributed by atoms with Gasteiger partial charge in [0.25, 0.3) is 0 Å². The smallest absolute Gasteiger partial charge is 0.245 e. The molecule has 116 valence electrons. The van der Waals surface area contributed by atoms with Gasteiger partial charge in [-0.05, 0) is 24.8 Å². The molecule has 6 heteroatoms. The zero-order valence-corrected chi connectivity index (χ0v) is 13.0. The molecule has 2 unspecified atom stereocenters. The Bertz CT molecular complexity index is 512. The zero-order valence-electron chi connectivity index (χ0n) is 13.0. The van der Waals surface area contributed by atoms with E-state index in [4.69, 9.17) is 0 Å². The number of piperazine rings is 1. The maximum Gasteiger partial charge on any atom is 0.245 e. The van der Waals surface area contributed by atoms with Gasteiger partial charge >= 0.3 is 0 Å². The number of nitrogens with zero attached hydrogens (tertiary/aromatic N) is 3. The Hall–Kier alpha value is -1.85. The molecule has 1 aliphatic rings. The predicted molar refractivity (Wildman–Crippen MR) is 79.5 cm³/mol. The summed E-state index contributed by atoms with van der Waals surface area (Å²) in [4.78, 5) is 26.5. The summed E-state index contributed by atoms with van der Waals surface area (Å²) in [5, 5.41) is 6.97. The molecule has 0 aromatic carbocycles. The molecule has 2 heterocycles. The molecule has 2 rings (SSSR count). The number of aryl methyl sites for hydroxylation is 1. The molecule has 0 spiro atoms. The maximum absolute atomic E-state index is 12.5. The third-order valence-electron chi connectivity index (χ3n) is 3.95. The van der Waals surface area contributed by atoms with Crippen LogP contribution in [0.1, 0.15) is 38.7 Å². The maximum atomic E-state index is 12.5. The van der Waals surface area contributed by atoms with Crippen LogP contribution in [0.15, 0.2) is 12.4 Å². The molecule has 1 N–H and O–H groups in total. The van der Waals surface area contributed by atoms with Gasteiger partial charge in [0.05, 0.1) is 6.20 Å². The highest BCUT2D eigenvalue weighted by Gasteiger charge is 2.38. The number of hydrogen-bond acceptors (Lipinski definition) is 3. The molecule has 1 aliphatic heterocycles. The highest BCUT2D eigenvalue weighted by Crippen LogP contribution is 2.17. The van der Waals surface area contributed by atoms with Crippen LogP contribution in [0.5, 0.6) is 0 Å². The number of aromatic nitrogens is 2. The van der Waals surface area contributed by atoms with Crippen molar-refractivity contribution in [2.75, 3.05) is 6.54 Å². The van der Waals surface area contributed by atoms with Crippen molar-refractivity contribution < 1.29 is 9.59 Å². The van der Waals surface area contributed by atoms with Gasteiger partial charge < -0.3 is 10.2 Å². The van der Waals surface area contributed by atoms with Crippen LogP contribution >= 0.6 is 0 Å². The quantitative estimate of drug-likeness (QED) is 0.846. The Balaban J connectivity index is 2.09. The highest BCUT2D eigenvalue weighted by molar-refractivity contribution is 5.96. The fraction of sp³-hybridized carbons (Fsp3) is 0.667. The number of amides is 2. The van der Waals surface area contributed by atoms with Gasteiger partial charge in [-0.3, -0.25) is 14.3 Å². The Morgan fingerprint density at radius 1 is 1.33 bits per heavy atom. The van der Waals surface area contributed by atoms with Crippen molar-refractivity contribution in [1.82, 2.24) is 20.0 Å². The first kappa shape index (κ1) is 15.5. The number of carbonyl (C=O) groups is 2. The molecule has 1 aromatic heterocycles. The van der Waals surface area contributed by atoms with E-state index in [1.807, 2.05) is 27.1 Å². The molecule has 21 heavy (non-hydrogen) atoms. The van der Waals surface area contributed by atoms with Crippen molar-refractivity contribution in [2.45, 2.75) is 51.6 Å². The Morgan fingerprint density at radius 2 is 2.10 bits per heavy atom. The lowest BCUT2D eigenvalue weighted by Gasteiger charge is -2.38. The zero-order chi connectivity index (χ0) is 15.4. The highest BCUT2D eigenvalue weighted by atomic mass is 16.2. The van der Waals surface area contributed by atoms with Crippen molar-refractivity contribution in [3.8, 4) is 0 Å². The van der Waals surface area contributed by atoms with E-state index in [0.717, 1.165) is 18.4 Å². The molecule has 2 amide bonds. The molecule has 0 aliphatic carbocycles. The van der Waals surface area contributed by atoms with E-state index in [-0.39, 0.29) is 23.9 Å². The van der Waals surface area contributed by atoms with Crippen molar-refractivity contribution in [3.63, 3.8) is 0 Å². The first-order chi connectivity index (χ1) is 10.1. The number of rotatable bonds is 6. The molecular formula is C15H24N4O2. The van der Waals surface area contributed by atoms with E-state index in [9.17, 15) is 9.59 Å². The molecule has 1 saturated heterocycles. The van der Waals surface area contributed by atoms with Gasteiger partial charge in [0, 0.05) is 19.8 Å². The minimum atomic E-state index is -0.375. The van der Waals surface area contributed by atoms with Crippen LogP contribution in [0.3, 0.4) is 0 Å². The van der Waals surface area contributed by atoms with Crippen LogP contribution < -0.4 is 5.32 Å². The van der Waals surface area contributed by atoms with Gasteiger partial charge in [0.1, 0.15) is 12.1 Å². The van der Waals surface area contributed by atoms with E-state index in [2.05, 4.69) is 10.4 Å². The minimum absolute atomic E-state index is 0.0190. The second-order valence-corrected chi connectivity index (χ2v) is 5.58. The molecule has 1 aromatic rings. The number of hydrogen-bond donors (Lipinski definition) is 1. The fourth-order valence-electron chi connectivity index (χ4n) is 2.78. The summed E-state index contributed by atoms with van der Waals surface area (Å²) in [6, 6.07) is -0.707. The van der Waals surface area contributed by atoms with Crippen LogP contribution in [0.4, 0.5) is 0 Å². The summed E-state index contributed by atoms with van der Waals surface area (Å²) in [6.07, 6.45) is 6.70. The average molecular weight is 292 g/mol. The Morgan fingerprint density at radius 3 is 2.67 bits per heavy atom. The second-order valence-electron chi connectivity index (χ2n) is 5.58. The molecule has 0 bridgehead atoms. The van der Waals surface area contributed by atoms with E-state index in [1.54, 1.807) is 15.8 Å². The fourth-order valence-corrected chi connectivity index (χ4v) is 2.78. The van der Waals surface area contributed by atoms with Gasteiger partial charge in [-0.25, -0.2) is 0 Å². The molecule has 0 saturated carbocycles. The lowest BCUT2D eigenvalue weighted by Crippen LogP contribution is -2.63. The monoisotopic (exact) mass is 292 g/mol. The average Bonchev–Trinajstić information content (AvgIpc) is 2.87. The molecule has 0 radical (unpaired) electrons. The predicted octanol–water partition coefficient (Wildman–Crippen LogP) is 0.868.